The summed E-state index contributed by atoms with van der Waals surface area (Å²) < 4.78 is 16.0. The number of benzene rings is 1. The van der Waals surface area contributed by atoms with E-state index in [9.17, 15) is 5.11 Å². The van der Waals surface area contributed by atoms with Crippen LogP contribution in [-0.4, -0.2) is 81.7 Å². The maximum atomic E-state index is 10.7. The number of hydrogen-bond acceptors (Lipinski definition) is 6. The molecule has 3 N–H and O–H groups in total. The van der Waals surface area contributed by atoms with Crippen LogP contribution in [0.5, 0.6) is 11.5 Å². The van der Waals surface area contributed by atoms with Crippen molar-refractivity contribution < 1.29 is 19.3 Å². The topological polar surface area (TPSA) is 87.6 Å². The molecule has 8 heteroatoms. The predicted octanol–water partition coefficient (Wildman–Crippen LogP) is 0.842. The van der Waals surface area contributed by atoms with Crippen LogP contribution in [0.15, 0.2) is 23.2 Å². The molecule has 1 aliphatic rings. The average molecular weight is 395 g/mol. The van der Waals surface area contributed by atoms with Crippen molar-refractivity contribution in [1.82, 2.24) is 15.5 Å². The first kappa shape index (κ1) is 22.3. The minimum Gasteiger partial charge on any atom is -0.493 e. The van der Waals surface area contributed by atoms with Gasteiger partial charge < -0.3 is 30.0 Å². The smallest absolute Gasteiger partial charge is 0.191 e. The third-order valence-corrected chi connectivity index (χ3v) is 4.52. The van der Waals surface area contributed by atoms with Crippen molar-refractivity contribution in [3.8, 4) is 11.5 Å². The Balaban J connectivity index is 1.94. The summed E-state index contributed by atoms with van der Waals surface area (Å²) in [5.41, 5.74) is 0.145. The maximum Gasteiger partial charge on any atom is 0.191 e. The highest BCUT2D eigenvalue weighted by atomic mass is 16.5. The van der Waals surface area contributed by atoms with E-state index in [1.54, 1.807) is 14.2 Å². The predicted molar refractivity (Wildman–Crippen MR) is 110 cm³/mol. The Morgan fingerprint density at radius 2 is 1.93 bits per heavy atom. The Hall–Kier alpha value is -2.03. The summed E-state index contributed by atoms with van der Waals surface area (Å²) in [7, 11) is 3.23. The van der Waals surface area contributed by atoms with Gasteiger partial charge in [0.1, 0.15) is 0 Å². The first-order valence-electron chi connectivity index (χ1n) is 9.73. The Morgan fingerprint density at radius 3 is 2.57 bits per heavy atom. The summed E-state index contributed by atoms with van der Waals surface area (Å²) in [6.07, 6.45) is 0. The van der Waals surface area contributed by atoms with Crippen molar-refractivity contribution in [1.29, 1.82) is 0 Å². The number of guanidine groups is 1. The molecule has 1 unspecified atom stereocenters. The minimum absolute atomic E-state index is 0.405. The van der Waals surface area contributed by atoms with E-state index in [4.69, 9.17) is 14.2 Å². The first-order valence-corrected chi connectivity index (χ1v) is 9.73. The Labute approximate surface area is 167 Å². The molecule has 158 valence electrons. The number of nitrogens with one attached hydrogen (secondary N) is 2. The van der Waals surface area contributed by atoms with Gasteiger partial charge in [-0.3, -0.25) is 4.90 Å². The van der Waals surface area contributed by atoms with Crippen LogP contribution in [0.4, 0.5) is 0 Å². The van der Waals surface area contributed by atoms with Crippen molar-refractivity contribution in [2.75, 3.05) is 60.2 Å². The lowest BCUT2D eigenvalue weighted by atomic mass is 10.1. The number of hydrogen-bond donors (Lipinski definition) is 3. The number of β-amino-alcohol motifs (C(OH)–C–C–N with tert-alkyl or cyclic N) is 1. The molecule has 1 aliphatic heterocycles. The van der Waals surface area contributed by atoms with Crippen LogP contribution in [0.2, 0.25) is 0 Å². The quantitative estimate of drug-likeness (QED) is 0.423. The summed E-state index contributed by atoms with van der Waals surface area (Å²) in [6.45, 7) is 9.23. The Bertz CT molecular complexity index is 631. The normalized spacial score (nSPS) is 17.7. The van der Waals surface area contributed by atoms with Crippen molar-refractivity contribution >= 4 is 5.96 Å². The molecular formula is C20H34N4O4. The summed E-state index contributed by atoms with van der Waals surface area (Å²) in [5, 5.41) is 17.2. The number of ether oxygens (including phenoxy) is 3. The lowest BCUT2D eigenvalue weighted by Gasteiger charge is -2.34. The van der Waals surface area contributed by atoms with E-state index in [2.05, 4.69) is 20.5 Å². The molecule has 1 fully saturated rings. The molecule has 28 heavy (non-hydrogen) atoms. The van der Waals surface area contributed by atoms with E-state index in [1.165, 1.54) is 0 Å². The second kappa shape index (κ2) is 11.1. The van der Waals surface area contributed by atoms with Crippen LogP contribution in [0.3, 0.4) is 0 Å². The first-order chi connectivity index (χ1) is 13.5. The van der Waals surface area contributed by atoms with Gasteiger partial charge in [-0.1, -0.05) is 6.07 Å². The van der Waals surface area contributed by atoms with Crippen molar-refractivity contribution in [3.05, 3.63) is 23.8 Å². The molecule has 0 aliphatic carbocycles. The van der Waals surface area contributed by atoms with Crippen LogP contribution in [0, 0.1) is 0 Å². The molecule has 8 nitrogen and oxygen atoms in total. The van der Waals surface area contributed by atoms with E-state index >= 15 is 0 Å². The molecule has 0 amide bonds. The van der Waals surface area contributed by atoms with E-state index in [0.717, 1.165) is 38.4 Å². The fourth-order valence-electron chi connectivity index (χ4n) is 3.06. The highest BCUT2D eigenvalue weighted by Gasteiger charge is 2.25. The molecule has 1 heterocycles. The molecule has 0 radical (unpaired) electrons. The Morgan fingerprint density at radius 1 is 1.21 bits per heavy atom. The molecule has 2 rings (SSSR count). The fourth-order valence-corrected chi connectivity index (χ4v) is 3.06. The average Bonchev–Trinajstić information content (AvgIpc) is 2.70. The molecule has 0 aromatic heterocycles. The molecule has 0 bridgehead atoms. The highest BCUT2D eigenvalue weighted by Crippen LogP contribution is 2.27. The molecule has 1 atom stereocenters. The van der Waals surface area contributed by atoms with E-state index in [-0.39, 0.29) is 0 Å². The molecule has 0 spiro atoms. The number of nitrogens with zero attached hydrogens (tertiary/aromatic N) is 2. The zero-order valence-electron chi connectivity index (χ0n) is 17.5. The van der Waals surface area contributed by atoms with Gasteiger partial charge in [0, 0.05) is 32.7 Å². The van der Waals surface area contributed by atoms with Gasteiger partial charge in [-0.2, -0.15) is 0 Å². The molecule has 1 aromatic carbocycles. The van der Waals surface area contributed by atoms with Gasteiger partial charge in [0.2, 0.25) is 0 Å². The highest BCUT2D eigenvalue weighted by molar-refractivity contribution is 5.79. The summed E-state index contributed by atoms with van der Waals surface area (Å²) in [4.78, 5) is 6.84. The van der Waals surface area contributed by atoms with Crippen LogP contribution in [-0.2, 0) is 11.3 Å². The van der Waals surface area contributed by atoms with E-state index in [1.807, 2.05) is 32.0 Å². The standard InChI is InChI=1S/C20H34N4O4/c1-5-21-19(22-13-16-6-7-17(26-3)18(12-16)27-4)23-14-20(2,25)15-24-8-10-28-11-9-24/h6-7,12,25H,5,8-11,13-15H2,1-4H3,(H2,21,22,23). The zero-order chi connectivity index (χ0) is 20.4. The molecule has 0 saturated carbocycles. The van der Waals surface area contributed by atoms with E-state index in [0.29, 0.717) is 37.1 Å². The monoisotopic (exact) mass is 394 g/mol. The van der Waals surface area contributed by atoms with Gasteiger partial charge in [-0.05, 0) is 31.5 Å². The SMILES string of the molecule is CCNC(=NCc1ccc(OC)c(OC)c1)NCC(C)(O)CN1CCOCC1. The zero-order valence-corrected chi connectivity index (χ0v) is 17.5. The molecule has 1 saturated heterocycles. The van der Waals surface area contributed by atoms with E-state index < -0.39 is 5.60 Å². The number of aliphatic hydroxyl groups is 1. The summed E-state index contributed by atoms with van der Waals surface area (Å²) >= 11 is 0. The van der Waals surface area contributed by atoms with Gasteiger partial charge in [-0.15, -0.1) is 0 Å². The summed E-state index contributed by atoms with van der Waals surface area (Å²) in [6, 6.07) is 5.75. The lowest BCUT2D eigenvalue weighted by Crippen LogP contribution is -2.52. The number of aliphatic imine (C=N–C) groups is 1. The van der Waals surface area contributed by atoms with Gasteiger partial charge in [0.25, 0.3) is 0 Å². The Kier molecular flexibility index (Phi) is 8.82. The maximum absolute atomic E-state index is 10.7. The van der Waals surface area contributed by atoms with Crippen LogP contribution < -0.4 is 20.1 Å². The number of rotatable bonds is 9. The number of morpholine rings is 1. The minimum atomic E-state index is -0.864. The number of methoxy groups -OCH3 is 2. The fraction of sp³-hybridized carbons (Fsp3) is 0.650. The summed E-state index contributed by atoms with van der Waals surface area (Å²) in [5.74, 6) is 2.04. The molecule has 1 aromatic rings. The third-order valence-electron chi connectivity index (χ3n) is 4.52. The largest absolute Gasteiger partial charge is 0.493 e. The van der Waals surface area contributed by atoms with Gasteiger partial charge in [-0.25, -0.2) is 4.99 Å². The third kappa shape index (κ3) is 7.18. The van der Waals surface area contributed by atoms with Crippen LogP contribution in [0.25, 0.3) is 0 Å². The molecular weight excluding hydrogens is 360 g/mol. The van der Waals surface area contributed by atoms with Crippen molar-refractivity contribution in [3.63, 3.8) is 0 Å². The van der Waals surface area contributed by atoms with Crippen molar-refractivity contribution in [2.45, 2.75) is 26.0 Å². The second-order valence-electron chi connectivity index (χ2n) is 7.12. The lowest BCUT2D eigenvalue weighted by molar-refractivity contribution is -0.0201. The van der Waals surface area contributed by atoms with Gasteiger partial charge in [0.15, 0.2) is 17.5 Å². The van der Waals surface area contributed by atoms with Gasteiger partial charge in [0.05, 0.1) is 39.6 Å². The van der Waals surface area contributed by atoms with Crippen molar-refractivity contribution in [2.24, 2.45) is 4.99 Å². The van der Waals surface area contributed by atoms with Gasteiger partial charge >= 0.3 is 0 Å². The van der Waals surface area contributed by atoms with Crippen LogP contribution >= 0.6 is 0 Å². The second-order valence-corrected chi connectivity index (χ2v) is 7.12. The van der Waals surface area contributed by atoms with Crippen LogP contribution in [0.1, 0.15) is 19.4 Å².